The minimum absolute atomic E-state index is 0.966. The summed E-state index contributed by atoms with van der Waals surface area (Å²) in [5.74, 6) is 2.15. The number of hydrogen-bond donors (Lipinski definition) is 1. The Labute approximate surface area is 130 Å². The summed E-state index contributed by atoms with van der Waals surface area (Å²) in [6.45, 7) is 12.0. The maximum absolute atomic E-state index is 4.60. The summed E-state index contributed by atoms with van der Waals surface area (Å²) < 4.78 is 0. The van der Waals surface area contributed by atoms with Crippen LogP contribution in [0.1, 0.15) is 65.4 Å². The van der Waals surface area contributed by atoms with Gasteiger partial charge in [0.05, 0.1) is 0 Å². The molecule has 0 bridgehead atoms. The molecule has 1 rings (SSSR count). The second kappa shape index (κ2) is 10.4. The van der Waals surface area contributed by atoms with Crippen LogP contribution >= 0.6 is 0 Å². The average molecular weight is 292 g/mol. The Kier molecular flexibility index (Phi) is 8.79. The third-order valence-electron chi connectivity index (χ3n) is 3.68. The van der Waals surface area contributed by atoms with Gasteiger partial charge in [-0.1, -0.05) is 40.5 Å². The molecule has 21 heavy (non-hydrogen) atoms. The highest BCUT2D eigenvalue weighted by molar-refractivity contribution is 5.58. The van der Waals surface area contributed by atoms with E-state index in [9.17, 15) is 0 Å². The Bertz CT molecular complexity index is 384. The van der Waals surface area contributed by atoms with Crippen LogP contribution < -0.4 is 10.2 Å². The molecule has 0 amide bonds. The summed E-state index contributed by atoms with van der Waals surface area (Å²) in [6, 6.07) is 0. The van der Waals surface area contributed by atoms with Crippen LogP contribution in [0.5, 0.6) is 0 Å². The molecule has 0 spiro atoms. The molecule has 0 saturated heterocycles. The zero-order valence-corrected chi connectivity index (χ0v) is 14.3. The quantitative estimate of drug-likeness (QED) is 0.661. The van der Waals surface area contributed by atoms with Crippen LogP contribution in [0.2, 0.25) is 0 Å². The molecule has 0 fully saturated rings. The highest BCUT2D eigenvalue weighted by atomic mass is 15.2. The van der Waals surface area contributed by atoms with Gasteiger partial charge in [-0.3, -0.25) is 0 Å². The summed E-state index contributed by atoms with van der Waals surface area (Å²) in [6.07, 6.45) is 8.65. The molecular formula is C17H32N4. The SMILES string of the molecule is CCCCN(CCCC)c1ncnc(NCCC)c1CC. The molecule has 1 aromatic rings. The molecule has 0 saturated carbocycles. The van der Waals surface area contributed by atoms with Crippen molar-refractivity contribution in [2.24, 2.45) is 0 Å². The van der Waals surface area contributed by atoms with Crippen LogP contribution in [0.4, 0.5) is 11.6 Å². The normalized spacial score (nSPS) is 10.7. The van der Waals surface area contributed by atoms with Crippen molar-refractivity contribution in [3.63, 3.8) is 0 Å². The van der Waals surface area contributed by atoms with Gasteiger partial charge in [0.2, 0.25) is 0 Å². The summed E-state index contributed by atoms with van der Waals surface area (Å²) in [7, 11) is 0. The molecule has 0 aromatic carbocycles. The molecule has 120 valence electrons. The molecule has 0 radical (unpaired) electrons. The van der Waals surface area contributed by atoms with Crippen molar-refractivity contribution >= 4 is 11.6 Å². The van der Waals surface area contributed by atoms with Gasteiger partial charge in [0.15, 0.2) is 0 Å². The van der Waals surface area contributed by atoms with E-state index in [0.29, 0.717) is 0 Å². The van der Waals surface area contributed by atoms with Crippen molar-refractivity contribution < 1.29 is 0 Å². The lowest BCUT2D eigenvalue weighted by atomic mass is 10.1. The zero-order chi connectivity index (χ0) is 15.5. The molecular weight excluding hydrogens is 260 g/mol. The van der Waals surface area contributed by atoms with Gasteiger partial charge >= 0.3 is 0 Å². The molecule has 1 heterocycles. The number of aromatic nitrogens is 2. The maximum Gasteiger partial charge on any atom is 0.137 e. The van der Waals surface area contributed by atoms with Gasteiger partial charge in [0.25, 0.3) is 0 Å². The Morgan fingerprint density at radius 2 is 1.62 bits per heavy atom. The second-order valence-electron chi connectivity index (χ2n) is 5.50. The van der Waals surface area contributed by atoms with Gasteiger partial charge in [-0.05, 0) is 25.7 Å². The Balaban J connectivity index is 2.98. The fourth-order valence-corrected chi connectivity index (χ4v) is 2.42. The van der Waals surface area contributed by atoms with Crippen LogP contribution in [0, 0.1) is 0 Å². The van der Waals surface area contributed by atoms with Gasteiger partial charge in [0.1, 0.15) is 18.0 Å². The number of nitrogens with one attached hydrogen (secondary N) is 1. The molecule has 4 heteroatoms. The smallest absolute Gasteiger partial charge is 0.137 e. The molecule has 1 N–H and O–H groups in total. The second-order valence-corrected chi connectivity index (χ2v) is 5.50. The largest absolute Gasteiger partial charge is 0.370 e. The van der Waals surface area contributed by atoms with Crippen LogP contribution in [-0.2, 0) is 6.42 Å². The first kappa shape index (κ1) is 17.7. The van der Waals surface area contributed by atoms with E-state index < -0.39 is 0 Å². The highest BCUT2D eigenvalue weighted by Crippen LogP contribution is 2.24. The first-order valence-electron chi connectivity index (χ1n) is 8.61. The number of hydrogen-bond acceptors (Lipinski definition) is 4. The van der Waals surface area contributed by atoms with Crippen molar-refractivity contribution in [1.29, 1.82) is 0 Å². The highest BCUT2D eigenvalue weighted by Gasteiger charge is 2.15. The van der Waals surface area contributed by atoms with Gasteiger partial charge in [-0.15, -0.1) is 0 Å². The standard InChI is InChI=1S/C17H32N4/c1-5-9-12-21(13-10-6-2)17-15(8-4)16(18-11-7-3)19-14-20-17/h14H,5-13H2,1-4H3,(H,18,19,20). The van der Waals surface area contributed by atoms with E-state index in [4.69, 9.17) is 0 Å². The van der Waals surface area contributed by atoms with Crippen LogP contribution in [0.3, 0.4) is 0 Å². The molecule has 1 aromatic heterocycles. The van der Waals surface area contributed by atoms with E-state index in [1.807, 2.05) is 0 Å². The zero-order valence-electron chi connectivity index (χ0n) is 14.3. The first-order chi connectivity index (χ1) is 10.3. The minimum Gasteiger partial charge on any atom is -0.370 e. The van der Waals surface area contributed by atoms with E-state index in [2.05, 4.69) is 47.9 Å². The lowest BCUT2D eigenvalue weighted by molar-refractivity contribution is 0.667. The van der Waals surface area contributed by atoms with E-state index in [-0.39, 0.29) is 0 Å². The van der Waals surface area contributed by atoms with Gasteiger partial charge < -0.3 is 10.2 Å². The van der Waals surface area contributed by atoms with E-state index in [0.717, 1.165) is 44.1 Å². The summed E-state index contributed by atoms with van der Waals surface area (Å²) in [5, 5.41) is 3.44. The minimum atomic E-state index is 0.966. The summed E-state index contributed by atoms with van der Waals surface area (Å²) in [4.78, 5) is 11.5. The first-order valence-corrected chi connectivity index (χ1v) is 8.61. The number of rotatable bonds is 11. The third kappa shape index (κ3) is 5.52. The van der Waals surface area contributed by atoms with Gasteiger partial charge in [-0.25, -0.2) is 9.97 Å². The Hall–Kier alpha value is -1.32. The predicted octanol–water partition coefficient (Wildman–Crippen LogP) is 4.27. The molecule has 0 aliphatic heterocycles. The van der Waals surface area contributed by atoms with Crippen LogP contribution in [-0.4, -0.2) is 29.6 Å². The molecule has 0 aliphatic carbocycles. The maximum atomic E-state index is 4.60. The van der Waals surface area contributed by atoms with Crippen molar-refractivity contribution in [2.75, 3.05) is 29.9 Å². The van der Waals surface area contributed by atoms with Crippen molar-refractivity contribution in [3.05, 3.63) is 11.9 Å². The fraction of sp³-hybridized carbons (Fsp3) is 0.765. The number of anilines is 2. The van der Waals surface area contributed by atoms with Crippen molar-refractivity contribution in [3.8, 4) is 0 Å². The van der Waals surface area contributed by atoms with Crippen LogP contribution in [0.15, 0.2) is 6.33 Å². The summed E-state index contributed by atoms with van der Waals surface area (Å²) in [5.41, 5.74) is 1.26. The van der Waals surface area contributed by atoms with Gasteiger partial charge in [-0.2, -0.15) is 0 Å². The lowest BCUT2D eigenvalue weighted by Gasteiger charge is -2.26. The Morgan fingerprint density at radius 1 is 0.952 bits per heavy atom. The van der Waals surface area contributed by atoms with E-state index in [1.165, 1.54) is 31.2 Å². The Morgan fingerprint density at radius 3 is 2.14 bits per heavy atom. The molecule has 4 nitrogen and oxygen atoms in total. The number of unbranched alkanes of at least 4 members (excludes halogenated alkanes) is 2. The van der Waals surface area contributed by atoms with E-state index in [1.54, 1.807) is 6.33 Å². The molecule has 0 atom stereocenters. The predicted molar refractivity (Wildman–Crippen MR) is 92.2 cm³/mol. The lowest BCUT2D eigenvalue weighted by Crippen LogP contribution is -2.28. The number of nitrogens with zero attached hydrogens (tertiary/aromatic N) is 3. The van der Waals surface area contributed by atoms with E-state index >= 15 is 0 Å². The summed E-state index contributed by atoms with van der Waals surface area (Å²) >= 11 is 0. The topological polar surface area (TPSA) is 41.1 Å². The molecule has 0 unspecified atom stereocenters. The fourth-order valence-electron chi connectivity index (χ4n) is 2.42. The van der Waals surface area contributed by atoms with Gasteiger partial charge in [0, 0.05) is 25.2 Å². The molecule has 0 aliphatic rings. The van der Waals surface area contributed by atoms with Crippen molar-refractivity contribution in [2.45, 2.75) is 66.2 Å². The van der Waals surface area contributed by atoms with Crippen molar-refractivity contribution in [1.82, 2.24) is 9.97 Å². The third-order valence-corrected chi connectivity index (χ3v) is 3.68. The van der Waals surface area contributed by atoms with Crippen LogP contribution in [0.25, 0.3) is 0 Å². The average Bonchev–Trinajstić information content (AvgIpc) is 2.52. The monoisotopic (exact) mass is 292 g/mol.